The van der Waals surface area contributed by atoms with Crippen LogP contribution in [-0.2, 0) is 17.4 Å². The van der Waals surface area contributed by atoms with Crippen LogP contribution in [0.25, 0.3) is 23.1 Å². The number of benzene rings is 2. The van der Waals surface area contributed by atoms with Gasteiger partial charge in [-0.25, -0.2) is 4.68 Å². The molecule has 1 aliphatic heterocycles. The van der Waals surface area contributed by atoms with Gasteiger partial charge in [-0.15, -0.1) is 21.5 Å². The molecule has 0 radical (unpaired) electrons. The Morgan fingerprint density at radius 1 is 0.726 bits per heavy atom. The minimum absolute atomic E-state index is 0.0148. The molecule has 62 heavy (non-hydrogen) atoms. The van der Waals surface area contributed by atoms with Gasteiger partial charge >= 0.3 is 0 Å². The Morgan fingerprint density at radius 2 is 1.32 bits per heavy atom. The maximum absolute atomic E-state index is 6.24. The van der Waals surface area contributed by atoms with Gasteiger partial charge in [0, 0.05) is 60.5 Å². The SMILES string of the molecule is COc1ccc(Cl)cc1-c1nnc2/c(=C\c3ccc(N(C)C)s3)c(C(C)(C)C)nn12.COc1ccc(Cl)cc1C1=NCc2cc(C(C)(C)C)nn21.COc1ccc(N(C)C)s1.[2H]C. The van der Waals surface area contributed by atoms with Crippen LogP contribution < -0.4 is 29.2 Å². The van der Waals surface area contributed by atoms with Crippen molar-refractivity contribution >= 4 is 73.4 Å². The molecular weight excluding hydrogens is 862 g/mol. The second-order valence-electron chi connectivity index (χ2n) is 16.7. The van der Waals surface area contributed by atoms with Crippen LogP contribution in [-0.4, -0.2) is 84.9 Å². The van der Waals surface area contributed by atoms with Gasteiger partial charge in [-0.1, -0.05) is 83.5 Å². The molecule has 0 unspecified atom stereocenters. The first-order valence-corrected chi connectivity index (χ1v) is 21.9. The predicted octanol–water partition coefficient (Wildman–Crippen LogP) is 10.5. The molecular formula is C46H57Cl2N9O3S2. The summed E-state index contributed by atoms with van der Waals surface area (Å²) in [5.41, 5.74) is 5.32. The lowest BCUT2D eigenvalue weighted by atomic mass is 9.91. The zero-order valence-corrected chi connectivity index (χ0v) is 41.1. The number of nitrogens with zero attached hydrogens (tertiary/aromatic N) is 9. The van der Waals surface area contributed by atoms with Crippen LogP contribution >= 0.6 is 45.9 Å². The molecule has 2 aromatic carbocycles. The van der Waals surface area contributed by atoms with Gasteiger partial charge in [0.05, 0.1) is 66.1 Å². The molecule has 12 nitrogen and oxygen atoms in total. The number of aliphatic imine (C=N–C) groups is 1. The number of anilines is 2. The molecule has 0 saturated heterocycles. The highest BCUT2D eigenvalue weighted by atomic mass is 35.5. The Balaban J connectivity index is 0.000000196. The molecule has 1 aliphatic rings. The van der Waals surface area contributed by atoms with E-state index < -0.39 is 0 Å². The summed E-state index contributed by atoms with van der Waals surface area (Å²) in [4.78, 5) is 9.89. The number of methoxy groups -OCH3 is 3. The summed E-state index contributed by atoms with van der Waals surface area (Å²) in [6, 6.07) is 21.3. The van der Waals surface area contributed by atoms with E-state index in [9.17, 15) is 0 Å². The van der Waals surface area contributed by atoms with Gasteiger partial charge in [-0.3, -0.25) is 4.99 Å². The van der Waals surface area contributed by atoms with E-state index in [-0.39, 0.29) is 10.8 Å². The van der Waals surface area contributed by atoms with Crippen LogP contribution in [0.4, 0.5) is 10.0 Å². The Morgan fingerprint density at radius 3 is 1.85 bits per heavy atom. The number of hydrogen-bond donors (Lipinski definition) is 0. The zero-order valence-electron chi connectivity index (χ0n) is 39.0. The lowest BCUT2D eigenvalue weighted by Gasteiger charge is -2.15. The standard InChI is InChI=1S/C22H24ClN5OS.C16H18ClN3O.C7H11NOS.CH4/c1-22(2,3)19-16(12-14-8-10-18(30-14)27(4)5)21-25-24-20(28(21)26-19)15-11-13(23)7-9-17(15)29-6;1-16(2,3)14-8-11-9-18-15(20(11)19-14)12-7-10(17)5-6-13(12)21-4;1-8(2)6-4-5-7(9-3)10-6;/h7-12H,1-6H3;5-8H,9H2,1-4H3;4-5H,1-3H3;1H4/b16-12-;;;/i;;;1D. The number of halogens is 2. The van der Waals surface area contributed by atoms with Crippen LogP contribution in [0.1, 0.15) is 77.8 Å². The van der Waals surface area contributed by atoms with E-state index >= 15 is 0 Å². The lowest BCUT2D eigenvalue weighted by Crippen LogP contribution is -2.22. The quantitative estimate of drug-likeness (QED) is 0.147. The number of hydrogen-bond acceptors (Lipinski definition) is 12. The normalized spacial score (nSPS) is 12.5. The molecule has 0 bridgehead atoms. The van der Waals surface area contributed by atoms with E-state index in [1.165, 1.54) is 17.4 Å². The monoisotopic (exact) mass is 918 g/mol. The van der Waals surface area contributed by atoms with Gasteiger partial charge in [0.25, 0.3) is 0 Å². The summed E-state index contributed by atoms with van der Waals surface area (Å²) in [6.45, 7) is 13.6. The van der Waals surface area contributed by atoms with E-state index in [0.717, 1.165) is 60.6 Å². The molecule has 330 valence electrons. The van der Waals surface area contributed by atoms with Crippen LogP contribution in [0.15, 0.2) is 71.7 Å². The Hall–Kier alpha value is -5.15. The molecule has 8 rings (SSSR count). The molecule has 16 heteroatoms. The highest BCUT2D eigenvalue weighted by Crippen LogP contribution is 2.34. The summed E-state index contributed by atoms with van der Waals surface area (Å²) in [6.07, 6.45) is 2.15. The van der Waals surface area contributed by atoms with E-state index in [1.807, 2.05) is 75.3 Å². The van der Waals surface area contributed by atoms with Gasteiger partial charge in [0.15, 0.2) is 22.4 Å². The Bertz CT molecular complexity index is 2730. The first-order chi connectivity index (χ1) is 29.8. The summed E-state index contributed by atoms with van der Waals surface area (Å²) in [7, 11) is 14.3. The minimum Gasteiger partial charge on any atom is -0.496 e. The zero-order chi connectivity index (χ0) is 46.4. The fourth-order valence-electron chi connectivity index (χ4n) is 6.33. The molecule has 0 amide bonds. The van der Waals surface area contributed by atoms with Crippen LogP contribution in [0.3, 0.4) is 0 Å². The van der Waals surface area contributed by atoms with Crippen molar-refractivity contribution in [2.24, 2.45) is 4.99 Å². The number of fused-ring (bicyclic) bond motifs is 2. The second-order valence-corrected chi connectivity index (χ2v) is 19.7. The predicted molar refractivity (Wildman–Crippen MR) is 260 cm³/mol. The van der Waals surface area contributed by atoms with Crippen molar-refractivity contribution in [2.45, 2.75) is 66.3 Å². The summed E-state index contributed by atoms with van der Waals surface area (Å²) < 4.78 is 25.4. The summed E-state index contributed by atoms with van der Waals surface area (Å²) in [5, 5.41) is 24.2. The van der Waals surface area contributed by atoms with Crippen molar-refractivity contribution < 1.29 is 15.6 Å². The highest BCUT2D eigenvalue weighted by Gasteiger charge is 2.27. The van der Waals surface area contributed by atoms with Crippen LogP contribution in [0.2, 0.25) is 10.0 Å². The average Bonchev–Trinajstić information content (AvgIpc) is 4.09. The maximum Gasteiger partial charge on any atom is 0.189 e. The third-order valence-corrected chi connectivity index (χ3v) is 12.4. The van der Waals surface area contributed by atoms with E-state index in [4.69, 9.17) is 49.0 Å². The van der Waals surface area contributed by atoms with Gasteiger partial charge in [0.2, 0.25) is 0 Å². The molecule has 0 aliphatic carbocycles. The van der Waals surface area contributed by atoms with Crippen molar-refractivity contribution in [2.75, 3.05) is 59.3 Å². The maximum atomic E-state index is 6.24. The molecule has 6 heterocycles. The van der Waals surface area contributed by atoms with Crippen molar-refractivity contribution in [1.82, 2.24) is 29.6 Å². The fraction of sp³-hybridized carbons (Fsp3) is 0.370. The van der Waals surface area contributed by atoms with Crippen molar-refractivity contribution in [3.05, 3.63) is 110 Å². The third-order valence-electron chi connectivity index (χ3n) is 9.54. The molecule has 0 atom stereocenters. The Kier molecular flexibility index (Phi) is 14.6. The van der Waals surface area contributed by atoms with E-state index in [1.54, 1.807) is 54.6 Å². The number of thiophene rings is 2. The highest BCUT2D eigenvalue weighted by molar-refractivity contribution is 7.17. The molecule has 0 fully saturated rings. The minimum atomic E-state index is -0.163. The largest absolute Gasteiger partial charge is 0.496 e. The summed E-state index contributed by atoms with van der Waals surface area (Å²) in [5.74, 6) is 2.82. The lowest BCUT2D eigenvalue weighted by molar-refractivity contribution is 0.413. The third kappa shape index (κ3) is 10.5. The van der Waals surface area contributed by atoms with Gasteiger partial charge < -0.3 is 24.0 Å². The van der Waals surface area contributed by atoms with Crippen molar-refractivity contribution in [3.63, 3.8) is 0 Å². The first kappa shape index (κ1) is 46.4. The van der Waals surface area contributed by atoms with Crippen LogP contribution in [0, 0.1) is 0 Å². The Labute approximate surface area is 384 Å². The molecule has 7 aromatic rings. The second kappa shape index (κ2) is 19.5. The van der Waals surface area contributed by atoms with E-state index in [2.05, 4.69) is 90.8 Å². The van der Waals surface area contributed by atoms with Gasteiger partial charge in [0.1, 0.15) is 11.5 Å². The number of ether oxygens (including phenoxy) is 3. The van der Waals surface area contributed by atoms with Crippen LogP contribution in [0.5, 0.6) is 16.6 Å². The molecule has 5 aromatic heterocycles. The number of rotatable bonds is 8. The molecule has 0 N–H and O–H groups in total. The van der Waals surface area contributed by atoms with Crippen molar-refractivity contribution in [1.29, 1.82) is 0 Å². The topological polar surface area (TPSA) is 107 Å². The smallest absolute Gasteiger partial charge is 0.189 e. The van der Waals surface area contributed by atoms with Gasteiger partial charge in [-0.2, -0.15) is 14.7 Å². The number of aromatic nitrogens is 6. The molecule has 0 saturated carbocycles. The van der Waals surface area contributed by atoms with Gasteiger partial charge in [-0.05, 0) is 72.8 Å². The van der Waals surface area contributed by atoms with Crippen molar-refractivity contribution in [3.8, 4) is 28.0 Å². The summed E-state index contributed by atoms with van der Waals surface area (Å²) >= 11 is 15.7. The molecule has 0 spiro atoms. The average molecular weight is 920 g/mol. The van der Waals surface area contributed by atoms with E-state index in [0.29, 0.717) is 28.2 Å². The fourth-order valence-corrected chi connectivity index (χ4v) is 8.30. The first-order valence-electron chi connectivity index (χ1n) is 20.5.